The van der Waals surface area contributed by atoms with Crippen LogP contribution in [0, 0.1) is 11.8 Å². The predicted molar refractivity (Wildman–Crippen MR) is 72.6 cm³/mol. The first-order chi connectivity index (χ1) is 7.71. The molecule has 0 aliphatic heterocycles. The monoisotopic (exact) mass is 223 g/mol. The maximum absolute atomic E-state index is 4.17. The van der Waals surface area contributed by atoms with Crippen LogP contribution in [0.3, 0.4) is 0 Å². The van der Waals surface area contributed by atoms with E-state index in [0.29, 0.717) is 6.04 Å². The van der Waals surface area contributed by atoms with Gasteiger partial charge in [-0.2, -0.15) is 0 Å². The maximum atomic E-state index is 4.17. The summed E-state index contributed by atoms with van der Waals surface area (Å²) in [7, 11) is 0. The Morgan fingerprint density at radius 2 is 2.06 bits per heavy atom. The molecule has 1 aliphatic rings. The highest BCUT2D eigenvalue weighted by molar-refractivity contribution is 4.99. The number of rotatable bonds is 7. The summed E-state index contributed by atoms with van der Waals surface area (Å²) >= 11 is 0. The molecule has 0 aromatic heterocycles. The molecule has 0 spiro atoms. The highest BCUT2D eigenvalue weighted by Crippen LogP contribution is 2.36. The molecule has 1 saturated carbocycles. The van der Waals surface area contributed by atoms with Crippen LogP contribution in [-0.4, -0.2) is 12.6 Å². The molecule has 94 valence electrons. The molecule has 3 atom stereocenters. The first-order valence-electron chi connectivity index (χ1n) is 7.11. The van der Waals surface area contributed by atoms with Gasteiger partial charge in [0.2, 0.25) is 0 Å². The summed E-state index contributed by atoms with van der Waals surface area (Å²) < 4.78 is 0. The third-order valence-electron chi connectivity index (χ3n) is 4.20. The molecule has 1 aliphatic carbocycles. The van der Waals surface area contributed by atoms with E-state index in [1.54, 1.807) is 0 Å². The van der Waals surface area contributed by atoms with Gasteiger partial charge in [-0.05, 0) is 44.1 Å². The third kappa shape index (κ3) is 3.93. The molecule has 0 saturated heterocycles. The Bertz CT molecular complexity index is 209. The average Bonchev–Trinajstić information content (AvgIpc) is 2.76. The molecule has 1 nitrogen and oxygen atoms in total. The van der Waals surface area contributed by atoms with Crippen LogP contribution in [0.4, 0.5) is 0 Å². The van der Waals surface area contributed by atoms with Crippen molar-refractivity contribution in [2.75, 3.05) is 6.54 Å². The molecule has 1 heteroatoms. The minimum absolute atomic E-state index is 0.689. The lowest BCUT2D eigenvalue weighted by atomic mass is 9.90. The maximum Gasteiger partial charge on any atom is 0.0132 e. The molecule has 16 heavy (non-hydrogen) atoms. The smallest absolute Gasteiger partial charge is 0.0132 e. The molecule has 0 aromatic rings. The lowest BCUT2D eigenvalue weighted by molar-refractivity contribution is 0.347. The SMILES string of the molecule is C=C(CC)CC(NCC)C1CCC(CC)C1. The van der Waals surface area contributed by atoms with E-state index in [1.165, 1.54) is 37.7 Å². The molecule has 0 amide bonds. The largest absolute Gasteiger partial charge is 0.314 e. The van der Waals surface area contributed by atoms with E-state index < -0.39 is 0 Å². The quantitative estimate of drug-likeness (QED) is 0.639. The van der Waals surface area contributed by atoms with E-state index in [1.807, 2.05) is 0 Å². The molecular weight excluding hydrogens is 194 g/mol. The van der Waals surface area contributed by atoms with Gasteiger partial charge < -0.3 is 5.32 Å². The van der Waals surface area contributed by atoms with E-state index >= 15 is 0 Å². The van der Waals surface area contributed by atoms with Crippen molar-refractivity contribution in [2.24, 2.45) is 11.8 Å². The van der Waals surface area contributed by atoms with Crippen molar-refractivity contribution in [2.45, 2.75) is 65.3 Å². The second-order valence-electron chi connectivity index (χ2n) is 5.32. The standard InChI is InChI=1S/C15H29N/c1-5-12(4)10-15(16-7-3)14-9-8-13(6-2)11-14/h13-16H,4-11H2,1-3H3. The molecule has 0 aromatic carbocycles. The van der Waals surface area contributed by atoms with Gasteiger partial charge in [0.05, 0.1) is 0 Å². The Morgan fingerprint density at radius 1 is 1.31 bits per heavy atom. The molecule has 0 heterocycles. The van der Waals surface area contributed by atoms with Crippen LogP contribution in [0.5, 0.6) is 0 Å². The van der Waals surface area contributed by atoms with Crippen molar-refractivity contribution in [3.63, 3.8) is 0 Å². The van der Waals surface area contributed by atoms with Crippen LogP contribution < -0.4 is 5.32 Å². The zero-order chi connectivity index (χ0) is 12.0. The summed E-state index contributed by atoms with van der Waals surface area (Å²) in [4.78, 5) is 0. The van der Waals surface area contributed by atoms with E-state index in [2.05, 4.69) is 32.7 Å². The Balaban J connectivity index is 2.46. The second-order valence-corrected chi connectivity index (χ2v) is 5.32. The van der Waals surface area contributed by atoms with Gasteiger partial charge in [-0.3, -0.25) is 0 Å². The fourth-order valence-electron chi connectivity index (χ4n) is 2.97. The van der Waals surface area contributed by atoms with Crippen molar-refractivity contribution in [3.8, 4) is 0 Å². The minimum Gasteiger partial charge on any atom is -0.314 e. The normalized spacial score (nSPS) is 26.9. The average molecular weight is 223 g/mol. The fourth-order valence-corrected chi connectivity index (χ4v) is 2.97. The van der Waals surface area contributed by atoms with Gasteiger partial charge in [0, 0.05) is 6.04 Å². The molecule has 3 unspecified atom stereocenters. The molecular formula is C15H29N. The highest BCUT2D eigenvalue weighted by atomic mass is 14.9. The summed E-state index contributed by atoms with van der Waals surface area (Å²) in [5.74, 6) is 1.88. The van der Waals surface area contributed by atoms with E-state index in [0.717, 1.165) is 24.8 Å². The Morgan fingerprint density at radius 3 is 2.56 bits per heavy atom. The molecule has 0 radical (unpaired) electrons. The molecule has 1 rings (SSSR count). The Hall–Kier alpha value is -0.300. The van der Waals surface area contributed by atoms with E-state index in [9.17, 15) is 0 Å². The fraction of sp³-hybridized carbons (Fsp3) is 0.867. The third-order valence-corrected chi connectivity index (χ3v) is 4.20. The summed E-state index contributed by atoms with van der Waals surface area (Å²) in [6, 6.07) is 0.689. The molecule has 1 fully saturated rings. The van der Waals surface area contributed by atoms with Crippen LogP contribution in [0.2, 0.25) is 0 Å². The first-order valence-corrected chi connectivity index (χ1v) is 7.11. The molecule has 0 bridgehead atoms. The Kier molecular flexibility index (Phi) is 6.12. The lowest BCUT2D eigenvalue weighted by Gasteiger charge is -2.25. The summed E-state index contributed by atoms with van der Waals surface area (Å²) in [6.45, 7) is 12.0. The van der Waals surface area contributed by atoms with E-state index in [-0.39, 0.29) is 0 Å². The van der Waals surface area contributed by atoms with Gasteiger partial charge in [0.25, 0.3) is 0 Å². The van der Waals surface area contributed by atoms with Crippen molar-refractivity contribution < 1.29 is 0 Å². The van der Waals surface area contributed by atoms with Crippen LogP contribution >= 0.6 is 0 Å². The predicted octanol–water partition coefficient (Wildman–Crippen LogP) is 4.15. The van der Waals surface area contributed by atoms with Crippen molar-refractivity contribution >= 4 is 0 Å². The van der Waals surface area contributed by atoms with Crippen LogP contribution in [0.1, 0.15) is 59.3 Å². The number of hydrogen-bond donors (Lipinski definition) is 1. The van der Waals surface area contributed by atoms with Gasteiger partial charge >= 0.3 is 0 Å². The van der Waals surface area contributed by atoms with Crippen molar-refractivity contribution in [3.05, 3.63) is 12.2 Å². The number of hydrogen-bond acceptors (Lipinski definition) is 1. The number of nitrogens with one attached hydrogen (secondary N) is 1. The Labute approximate surface area is 102 Å². The highest BCUT2D eigenvalue weighted by Gasteiger charge is 2.29. The first kappa shape index (κ1) is 13.8. The van der Waals surface area contributed by atoms with Crippen molar-refractivity contribution in [1.82, 2.24) is 5.32 Å². The van der Waals surface area contributed by atoms with Gasteiger partial charge in [-0.15, -0.1) is 0 Å². The lowest BCUT2D eigenvalue weighted by Crippen LogP contribution is -2.35. The molecule has 1 N–H and O–H groups in total. The van der Waals surface area contributed by atoms with Crippen LogP contribution in [0.25, 0.3) is 0 Å². The van der Waals surface area contributed by atoms with Gasteiger partial charge in [0.15, 0.2) is 0 Å². The van der Waals surface area contributed by atoms with Gasteiger partial charge in [0.1, 0.15) is 0 Å². The summed E-state index contributed by atoms with van der Waals surface area (Å²) in [5, 5.41) is 3.67. The summed E-state index contributed by atoms with van der Waals surface area (Å²) in [5.41, 5.74) is 1.41. The topological polar surface area (TPSA) is 12.0 Å². The minimum atomic E-state index is 0.689. The van der Waals surface area contributed by atoms with E-state index in [4.69, 9.17) is 0 Å². The van der Waals surface area contributed by atoms with Crippen LogP contribution in [-0.2, 0) is 0 Å². The van der Waals surface area contributed by atoms with Gasteiger partial charge in [-0.1, -0.05) is 45.8 Å². The van der Waals surface area contributed by atoms with Crippen LogP contribution in [0.15, 0.2) is 12.2 Å². The second kappa shape index (κ2) is 7.11. The zero-order valence-corrected chi connectivity index (χ0v) is 11.4. The zero-order valence-electron chi connectivity index (χ0n) is 11.4. The van der Waals surface area contributed by atoms with Crippen molar-refractivity contribution in [1.29, 1.82) is 0 Å². The summed E-state index contributed by atoms with van der Waals surface area (Å²) in [6.07, 6.45) is 7.99. The van der Waals surface area contributed by atoms with Gasteiger partial charge in [-0.25, -0.2) is 0 Å².